The van der Waals surface area contributed by atoms with Crippen LogP contribution in [0.4, 0.5) is 10.1 Å². The third-order valence-electron chi connectivity index (χ3n) is 3.03. The molecule has 2 nitrogen and oxygen atoms in total. The van der Waals surface area contributed by atoms with Crippen LogP contribution in [0.5, 0.6) is 0 Å². The van der Waals surface area contributed by atoms with Crippen molar-refractivity contribution in [3.05, 3.63) is 52.0 Å². The minimum Gasteiger partial charge on any atom is -0.399 e. The molecule has 0 radical (unpaired) electrons. The van der Waals surface area contributed by atoms with Crippen LogP contribution in [0.2, 0.25) is 0 Å². The first-order valence-corrected chi connectivity index (χ1v) is 7.24. The minimum absolute atomic E-state index is 0.269. The second-order valence-electron chi connectivity index (χ2n) is 4.97. The molecule has 0 aliphatic carbocycles. The quantitative estimate of drug-likeness (QED) is 0.841. The lowest BCUT2D eigenvalue weighted by molar-refractivity contribution is 0.205. The summed E-state index contributed by atoms with van der Waals surface area (Å²) in [5, 5.41) is 2.08. The molecule has 2 N–H and O–H groups in total. The van der Waals surface area contributed by atoms with Gasteiger partial charge in [0.05, 0.1) is 0 Å². The Labute approximate surface area is 117 Å². The van der Waals surface area contributed by atoms with Gasteiger partial charge >= 0.3 is 0 Å². The van der Waals surface area contributed by atoms with Crippen LogP contribution < -0.4 is 5.73 Å². The van der Waals surface area contributed by atoms with Crippen LogP contribution >= 0.6 is 11.3 Å². The molecule has 1 aromatic heterocycles. The maximum absolute atomic E-state index is 13.4. The molecule has 0 saturated heterocycles. The van der Waals surface area contributed by atoms with Crippen molar-refractivity contribution < 1.29 is 4.39 Å². The minimum atomic E-state index is -0.269. The Hall–Kier alpha value is -1.39. The molecule has 0 fully saturated rings. The standard InChI is InChI=1S/C15H19FN2S/c1-11(2)18(10-15-4-3-5-19-15)9-12-6-13(16)8-14(17)7-12/h3-8,11H,9-10,17H2,1-2H3. The molecule has 2 aromatic rings. The van der Waals surface area contributed by atoms with E-state index in [0.717, 1.165) is 12.1 Å². The summed E-state index contributed by atoms with van der Waals surface area (Å²) < 4.78 is 13.4. The number of nitrogens with two attached hydrogens (primary N) is 1. The van der Waals surface area contributed by atoms with E-state index in [1.165, 1.54) is 10.9 Å². The van der Waals surface area contributed by atoms with Gasteiger partial charge in [0.1, 0.15) is 5.82 Å². The molecule has 19 heavy (non-hydrogen) atoms. The molecule has 0 spiro atoms. The summed E-state index contributed by atoms with van der Waals surface area (Å²) in [6.45, 7) is 5.88. The number of halogens is 1. The number of hydrogen-bond donors (Lipinski definition) is 1. The first kappa shape index (κ1) is 14.0. The van der Waals surface area contributed by atoms with Gasteiger partial charge < -0.3 is 5.73 Å². The maximum atomic E-state index is 13.4. The van der Waals surface area contributed by atoms with Crippen molar-refractivity contribution in [2.24, 2.45) is 0 Å². The number of nitrogens with zero attached hydrogens (tertiary/aromatic N) is 1. The lowest BCUT2D eigenvalue weighted by Crippen LogP contribution is -2.29. The Morgan fingerprint density at radius 2 is 2.05 bits per heavy atom. The van der Waals surface area contributed by atoms with E-state index in [9.17, 15) is 4.39 Å². The van der Waals surface area contributed by atoms with Gasteiger partial charge in [-0.05, 0) is 49.1 Å². The summed E-state index contributed by atoms with van der Waals surface area (Å²) in [5.74, 6) is -0.269. The molecule has 0 bridgehead atoms. The number of thiophene rings is 1. The average molecular weight is 278 g/mol. The number of hydrogen-bond acceptors (Lipinski definition) is 3. The lowest BCUT2D eigenvalue weighted by atomic mass is 10.1. The SMILES string of the molecule is CC(C)N(Cc1cc(N)cc(F)c1)Cc1cccs1. The van der Waals surface area contributed by atoms with Gasteiger partial charge in [0.15, 0.2) is 0 Å². The molecular formula is C15H19FN2S. The Kier molecular flexibility index (Phi) is 4.56. The largest absolute Gasteiger partial charge is 0.399 e. The van der Waals surface area contributed by atoms with Crippen LogP contribution in [0, 0.1) is 5.82 Å². The lowest BCUT2D eigenvalue weighted by Gasteiger charge is -2.26. The molecule has 0 amide bonds. The summed E-state index contributed by atoms with van der Waals surface area (Å²) in [5.41, 5.74) is 7.09. The summed E-state index contributed by atoms with van der Waals surface area (Å²) in [4.78, 5) is 3.62. The molecule has 1 aromatic carbocycles. The summed E-state index contributed by atoms with van der Waals surface area (Å²) >= 11 is 1.75. The van der Waals surface area contributed by atoms with E-state index in [-0.39, 0.29) is 5.82 Å². The summed E-state index contributed by atoms with van der Waals surface area (Å²) in [6, 6.07) is 9.32. The Bertz CT molecular complexity index is 503. The highest BCUT2D eigenvalue weighted by Crippen LogP contribution is 2.18. The Balaban J connectivity index is 2.12. The van der Waals surface area contributed by atoms with Gasteiger partial charge in [0.25, 0.3) is 0 Å². The number of rotatable bonds is 5. The van der Waals surface area contributed by atoms with Crippen molar-refractivity contribution in [1.29, 1.82) is 0 Å². The van der Waals surface area contributed by atoms with Gasteiger partial charge in [0.2, 0.25) is 0 Å². The third-order valence-corrected chi connectivity index (χ3v) is 3.90. The van der Waals surface area contributed by atoms with Crippen LogP contribution in [0.25, 0.3) is 0 Å². The molecule has 102 valence electrons. The molecule has 0 aliphatic rings. The number of benzene rings is 1. The predicted octanol–water partition coefficient (Wildman–Crippen LogP) is 3.88. The highest BCUT2D eigenvalue weighted by Gasteiger charge is 2.12. The van der Waals surface area contributed by atoms with E-state index in [0.29, 0.717) is 18.3 Å². The first-order chi connectivity index (χ1) is 9.04. The van der Waals surface area contributed by atoms with Crippen molar-refractivity contribution in [3.8, 4) is 0 Å². The maximum Gasteiger partial charge on any atom is 0.125 e. The van der Waals surface area contributed by atoms with E-state index in [1.807, 2.05) is 6.07 Å². The molecule has 0 aliphatic heterocycles. The van der Waals surface area contributed by atoms with E-state index in [1.54, 1.807) is 17.4 Å². The Morgan fingerprint density at radius 1 is 1.26 bits per heavy atom. The van der Waals surface area contributed by atoms with Gasteiger partial charge in [-0.2, -0.15) is 0 Å². The predicted molar refractivity (Wildman–Crippen MR) is 79.5 cm³/mol. The smallest absolute Gasteiger partial charge is 0.125 e. The van der Waals surface area contributed by atoms with E-state index >= 15 is 0 Å². The zero-order chi connectivity index (χ0) is 13.8. The van der Waals surface area contributed by atoms with Crippen LogP contribution in [0.1, 0.15) is 24.3 Å². The van der Waals surface area contributed by atoms with Crippen LogP contribution in [0.3, 0.4) is 0 Å². The highest BCUT2D eigenvalue weighted by molar-refractivity contribution is 7.09. The number of nitrogen functional groups attached to an aromatic ring is 1. The van der Waals surface area contributed by atoms with Gasteiger partial charge in [-0.1, -0.05) is 6.07 Å². The molecule has 1 heterocycles. The fourth-order valence-corrected chi connectivity index (χ4v) is 2.75. The molecule has 0 unspecified atom stereocenters. The van der Waals surface area contributed by atoms with Crippen LogP contribution in [-0.4, -0.2) is 10.9 Å². The first-order valence-electron chi connectivity index (χ1n) is 6.36. The molecular weight excluding hydrogens is 259 g/mol. The molecule has 4 heteroatoms. The van der Waals surface area contributed by atoms with Gasteiger partial charge in [-0.25, -0.2) is 4.39 Å². The second-order valence-corrected chi connectivity index (χ2v) is 6.00. The van der Waals surface area contributed by atoms with Gasteiger partial charge in [-0.15, -0.1) is 11.3 Å². The van der Waals surface area contributed by atoms with Gasteiger partial charge in [-0.3, -0.25) is 4.90 Å². The molecule has 0 saturated carbocycles. The van der Waals surface area contributed by atoms with Gasteiger partial charge in [0, 0.05) is 29.7 Å². The van der Waals surface area contributed by atoms with E-state index in [2.05, 4.69) is 36.3 Å². The van der Waals surface area contributed by atoms with E-state index in [4.69, 9.17) is 5.73 Å². The highest BCUT2D eigenvalue weighted by atomic mass is 32.1. The number of anilines is 1. The topological polar surface area (TPSA) is 29.3 Å². The Morgan fingerprint density at radius 3 is 2.63 bits per heavy atom. The fourth-order valence-electron chi connectivity index (χ4n) is 2.02. The van der Waals surface area contributed by atoms with Crippen molar-refractivity contribution in [2.45, 2.75) is 33.0 Å². The molecule has 0 atom stereocenters. The third kappa shape index (κ3) is 4.04. The average Bonchev–Trinajstić information content (AvgIpc) is 2.79. The van der Waals surface area contributed by atoms with Crippen LogP contribution in [0.15, 0.2) is 35.7 Å². The zero-order valence-electron chi connectivity index (χ0n) is 11.3. The summed E-state index contributed by atoms with van der Waals surface area (Å²) in [6.07, 6.45) is 0. The van der Waals surface area contributed by atoms with Crippen molar-refractivity contribution in [1.82, 2.24) is 4.90 Å². The van der Waals surface area contributed by atoms with Crippen molar-refractivity contribution >= 4 is 17.0 Å². The fraction of sp³-hybridized carbons (Fsp3) is 0.333. The second kappa shape index (κ2) is 6.17. The van der Waals surface area contributed by atoms with E-state index < -0.39 is 0 Å². The normalized spacial score (nSPS) is 11.4. The monoisotopic (exact) mass is 278 g/mol. The van der Waals surface area contributed by atoms with Crippen molar-refractivity contribution in [2.75, 3.05) is 5.73 Å². The van der Waals surface area contributed by atoms with Crippen LogP contribution in [-0.2, 0) is 13.1 Å². The summed E-state index contributed by atoms with van der Waals surface area (Å²) in [7, 11) is 0. The zero-order valence-corrected chi connectivity index (χ0v) is 12.1. The molecule has 2 rings (SSSR count). The van der Waals surface area contributed by atoms with Crippen molar-refractivity contribution in [3.63, 3.8) is 0 Å².